The number of hydrogen-bond donors (Lipinski definition) is 1. The number of anilines is 1. The third-order valence-electron chi connectivity index (χ3n) is 3.09. The normalized spacial score (nSPS) is 13.6. The smallest absolute Gasteiger partial charge is 0.124 e. The summed E-state index contributed by atoms with van der Waals surface area (Å²) in [5.41, 5.74) is 9.64. The Morgan fingerprint density at radius 2 is 2.00 bits per heavy atom. The summed E-state index contributed by atoms with van der Waals surface area (Å²) in [5.74, 6) is 0. The van der Waals surface area contributed by atoms with Gasteiger partial charge in [-0.1, -0.05) is 17.8 Å². The van der Waals surface area contributed by atoms with Gasteiger partial charge in [-0.15, -0.1) is 0 Å². The molecule has 0 radical (unpaired) electrons. The van der Waals surface area contributed by atoms with E-state index in [1.165, 1.54) is 35.3 Å². The van der Waals surface area contributed by atoms with Crippen LogP contribution in [0.25, 0.3) is 0 Å². The zero-order valence-electron chi connectivity index (χ0n) is 9.52. The van der Waals surface area contributed by atoms with Crippen molar-refractivity contribution in [2.75, 3.05) is 5.73 Å². The van der Waals surface area contributed by atoms with E-state index < -0.39 is 0 Å². The van der Waals surface area contributed by atoms with Gasteiger partial charge in [0.2, 0.25) is 0 Å². The predicted molar refractivity (Wildman–Crippen MR) is 71.2 cm³/mol. The Morgan fingerprint density at radius 1 is 1.12 bits per heavy atom. The molecule has 17 heavy (non-hydrogen) atoms. The van der Waals surface area contributed by atoms with Crippen LogP contribution in [0.1, 0.15) is 17.5 Å². The van der Waals surface area contributed by atoms with Gasteiger partial charge in [0.25, 0.3) is 0 Å². The maximum atomic E-state index is 5.90. The number of aryl methyl sites for hydroxylation is 2. The number of pyridine rings is 1. The summed E-state index contributed by atoms with van der Waals surface area (Å²) < 4.78 is 0. The van der Waals surface area contributed by atoms with Crippen molar-refractivity contribution in [3.63, 3.8) is 0 Å². The minimum absolute atomic E-state index is 0.748. The molecule has 0 unspecified atom stereocenters. The van der Waals surface area contributed by atoms with Crippen LogP contribution >= 0.6 is 11.8 Å². The third-order valence-corrected chi connectivity index (χ3v) is 4.11. The Hall–Kier alpha value is -1.48. The molecule has 3 rings (SSSR count). The van der Waals surface area contributed by atoms with Gasteiger partial charge in [-0.05, 0) is 54.7 Å². The number of fused-ring (bicyclic) bond motifs is 1. The summed E-state index contributed by atoms with van der Waals surface area (Å²) in [7, 11) is 0. The molecule has 3 heteroatoms. The van der Waals surface area contributed by atoms with Crippen molar-refractivity contribution in [1.29, 1.82) is 0 Å². The van der Waals surface area contributed by atoms with Gasteiger partial charge in [0.1, 0.15) is 5.03 Å². The molecule has 86 valence electrons. The SMILES string of the molecule is Nc1cccnc1Sc1ccc2c(c1)CCC2. The molecule has 1 aliphatic carbocycles. The molecular weight excluding hydrogens is 228 g/mol. The first-order valence-electron chi connectivity index (χ1n) is 5.83. The minimum atomic E-state index is 0.748. The Balaban J connectivity index is 1.89. The zero-order valence-corrected chi connectivity index (χ0v) is 10.3. The second kappa shape index (κ2) is 4.41. The summed E-state index contributed by atoms with van der Waals surface area (Å²) in [5, 5.41) is 0.894. The number of nitrogens with zero attached hydrogens (tertiary/aromatic N) is 1. The topological polar surface area (TPSA) is 38.9 Å². The number of aromatic nitrogens is 1. The molecule has 1 heterocycles. The fourth-order valence-electron chi connectivity index (χ4n) is 2.21. The van der Waals surface area contributed by atoms with Crippen LogP contribution < -0.4 is 5.73 Å². The Kier molecular flexibility index (Phi) is 2.77. The van der Waals surface area contributed by atoms with Crippen molar-refractivity contribution in [1.82, 2.24) is 4.98 Å². The van der Waals surface area contributed by atoms with E-state index in [4.69, 9.17) is 5.73 Å². The quantitative estimate of drug-likeness (QED) is 0.878. The largest absolute Gasteiger partial charge is 0.397 e. The fraction of sp³-hybridized carbons (Fsp3) is 0.214. The van der Waals surface area contributed by atoms with Crippen LogP contribution in [0.4, 0.5) is 5.69 Å². The zero-order chi connectivity index (χ0) is 11.7. The van der Waals surface area contributed by atoms with Crippen molar-refractivity contribution in [2.24, 2.45) is 0 Å². The van der Waals surface area contributed by atoms with Crippen molar-refractivity contribution in [3.8, 4) is 0 Å². The summed E-state index contributed by atoms with van der Waals surface area (Å²) in [6.45, 7) is 0. The van der Waals surface area contributed by atoms with Gasteiger partial charge in [0.15, 0.2) is 0 Å². The molecular formula is C14H14N2S. The van der Waals surface area contributed by atoms with E-state index in [9.17, 15) is 0 Å². The fourth-order valence-corrected chi connectivity index (χ4v) is 3.07. The van der Waals surface area contributed by atoms with Crippen molar-refractivity contribution >= 4 is 17.4 Å². The number of rotatable bonds is 2. The van der Waals surface area contributed by atoms with Crippen molar-refractivity contribution in [3.05, 3.63) is 47.7 Å². The van der Waals surface area contributed by atoms with E-state index in [2.05, 4.69) is 23.2 Å². The Morgan fingerprint density at radius 3 is 2.88 bits per heavy atom. The number of nitrogen functional groups attached to an aromatic ring is 1. The lowest BCUT2D eigenvalue weighted by molar-refractivity contribution is 0.911. The van der Waals surface area contributed by atoms with E-state index in [-0.39, 0.29) is 0 Å². The molecule has 2 nitrogen and oxygen atoms in total. The first-order chi connectivity index (χ1) is 8.33. The summed E-state index contributed by atoms with van der Waals surface area (Å²) >= 11 is 1.64. The second-order valence-corrected chi connectivity index (χ2v) is 5.35. The highest BCUT2D eigenvalue weighted by molar-refractivity contribution is 7.99. The molecule has 1 aromatic carbocycles. The van der Waals surface area contributed by atoms with Crippen LogP contribution in [0.3, 0.4) is 0 Å². The van der Waals surface area contributed by atoms with Gasteiger partial charge in [-0.2, -0.15) is 0 Å². The number of nitrogens with two attached hydrogens (primary N) is 1. The predicted octanol–water partition coefficient (Wildman–Crippen LogP) is 3.30. The van der Waals surface area contributed by atoms with Gasteiger partial charge in [-0.25, -0.2) is 4.98 Å². The molecule has 0 bridgehead atoms. The molecule has 0 saturated carbocycles. The van der Waals surface area contributed by atoms with Crippen LogP contribution in [-0.4, -0.2) is 4.98 Å². The van der Waals surface area contributed by atoms with E-state index in [1.807, 2.05) is 12.1 Å². The average molecular weight is 242 g/mol. The molecule has 0 amide bonds. The molecule has 2 N–H and O–H groups in total. The van der Waals surface area contributed by atoms with Gasteiger partial charge in [0.05, 0.1) is 5.69 Å². The lowest BCUT2D eigenvalue weighted by Gasteiger charge is -2.06. The van der Waals surface area contributed by atoms with Gasteiger partial charge < -0.3 is 5.73 Å². The maximum Gasteiger partial charge on any atom is 0.124 e. The van der Waals surface area contributed by atoms with Crippen molar-refractivity contribution in [2.45, 2.75) is 29.2 Å². The molecule has 0 saturated heterocycles. The van der Waals surface area contributed by atoms with Crippen LogP contribution in [-0.2, 0) is 12.8 Å². The van der Waals surface area contributed by atoms with Crippen LogP contribution in [0.2, 0.25) is 0 Å². The summed E-state index contributed by atoms with van der Waals surface area (Å²) in [6, 6.07) is 10.4. The lowest BCUT2D eigenvalue weighted by atomic mass is 10.1. The van der Waals surface area contributed by atoms with Crippen molar-refractivity contribution < 1.29 is 0 Å². The molecule has 0 spiro atoms. The maximum absolute atomic E-state index is 5.90. The second-order valence-electron chi connectivity index (χ2n) is 4.28. The Labute approximate surface area is 105 Å². The molecule has 2 aromatic rings. The summed E-state index contributed by atoms with van der Waals surface area (Å²) in [6.07, 6.45) is 5.51. The molecule has 1 aromatic heterocycles. The van der Waals surface area contributed by atoms with Crippen LogP contribution in [0, 0.1) is 0 Å². The van der Waals surface area contributed by atoms with E-state index in [0.29, 0.717) is 0 Å². The first-order valence-corrected chi connectivity index (χ1v) is 6.65. The Bertz CT molecular complexity index is 552. The van der Waals surface area contributed by atoms with Gasteiger partial charge >= 0.3 is 0 Å². The summed E-state index contributed by atoms with van der Waals surface area (Å²) in [4.78, 5) is 5.54. The van der Waals surface area contributed by atoms with Crippen LogP contribution in [0.15, 0.2) is 46.5 Å². The highest BCUT2D eigenvalue weighted by Gasteiger charge is 2.11. The van der Waals surface area contributed by atoms with E-state index in [0.717, 1.165) is 10.7 Å². The first kappa shape index (κ1) is 10.7. The average Bonchev–Trinajstić information content (AvgIpc) is 2.79. The van der Waals surface area contributed by atoms with Gasteiger partial charge in [-0.3, -0.25) is 0 Å². The highest BCUT2D eigenvalue weighted by atomic mass is 32.2. The molecule has 0 aliphatic heterocycles. The minimum Gasteiger partial charge on any atom is -0.397 e. The standard InChI is InChI=1S/C14H14N2S/c15-13-5-2-8-16-14(13)17-12-7-6-10-3-1-4-11(10)9-12/h2,5-9H,1,3-4,15H2. The lowest BCUT2D eigenvalue weighted by Crippen LogP contribution is -1.90. The van der Waals surface area contributed by atoms with Gasteiger partial charge in [0, 0.05) is 11.1 Å². The third kappa shape index (κ3) is 2.15. The van der Waals surface area contributed by atoms with Crippen LogP contribution in [0.5, 0.6) is 0 Å². The molecule has 0 atom stereocenters. The monoisotopic (exact) mass is 242 g/mol. The number of benzene rings is 1. The van der Waals surface area contributed by atoms with E-state index >= 15 is 0 Å². The number of hydrogen-bond acceptors (Lipinski definition) is 3. The molecule has 1 aliphatic rings. The molecule has 0 fully saturated rings. The highest BCUT2D eigenvalue weighted by Crippen LogP contribution is 2.33. The van der Waals surface area contributed by atoms with E-state index in [1.54, 1.807) is 18.0 Å².